The average molecular weight is 341 g/mol. The van der Waals surface area contributed by atoms with Gasteiger partial charge in [0.2, 0.25) is 0 Å². The fourth-order valence-corrected chi connectivity index (χ4v) is 2.62. The highest BCUT2D eigenvalue weighted by atomic mass is 35.5. The zero-order valence-corrected chi connectivity index (χ0v) is 13.6. The third-order valence-electron chi connectivity index (χ3n) is 3.53. The molecule has 6 heteroatoms. The molecule has 0 amide bonds. The van der Waals surface area contributed by atoms with E-state index in [4.69, 9.17) is 11.6 Å². The number of aromatic nitrogens is 2. The number of esters is 1. The Morgan fingerprint density at radius 2 is 2.08 bits per heavy atom. The van der Waals surface area contributed by atoms with Crippen molar-refractivity contribution in [2.24, 2.45) is 0 Å². The summed E-state index contributed by atoms with van der Waals surface area (Å²) in [5.41, 5.74) is 2.91. The monoisotopic (exact) mass is 340 g/mol. The number of pyridine rings is 2. The SMILES string of the molecule is COC(=O)c1cc(C=O)cc(Cc2ccc3ncc(Cl)cc3c2)n1. The minimum atomic E-state index is -0.575. The zero-order chi connectivity index (χ0) is 17.1. The molecular formula is C18H13ClN2O3. The van der Waals surface area contributed by atoms with Crippen molar-refractivity contribution in [2.75, 3.05) is 7.11 Å². The van der Waals surface area contributed by atoms with E-state index in [0.717, 1.165) is 16.5 Å². The van der Waals surface area contributed by atoms with Crippen molar-refractivity contribution >= 4 is 34.8 Å². The lowest BCUT2D eigenvalue weighted by molar-refractivity contribution is 0.0593. The normalized spacial score (nSPS) is 10.6. The van der Waals surface area contributed by atoms with Crippen molar-refractivity contribution in [3.8, 4) is 0 Å². The van der Waals surface area contributed by atoms with Crippen LogP contribution in [0, 0.1) is 0 Å². The van der Waals surface area contributed by atoms with Crippen molar-refractivity contribution in [1.29, 1.82) is 0 Å². The van der Waals surface area contributed by atoms with Gasteiger partial charge in [-0.25, -0.2) is 9.78 Å². The fraction of sp³-hybridized carbons (Fsp3) is 0.111. The Morgan fingerprint density at radius 3 is 2.83 bits per heavy atom. The van der Waals surface area contributed by atoms with Gasteiger partial charge in [0.15, 0.2) is 0 Å². The molecule has 3 rings (SSSR count). The third-order valence-corrected chi connectivity index (χ3v) is 3.74. The number of hydrogen-bond donors (Lipinski definition) is 0. The predicted octanol–water partition coefficient (Wildman–Crippen LogP) is 3.47. The van der Waals surface area contributed by atoms with E-state index >= 15 is 0 Å². The van der Waals surface area contributed by atoms with Gasteiger partial charge in [0.05, 0.1) is 17.6 Å². The molecule has 0 bridgehead atoms. The Labute approximate surface area is 143 Å². The standard InChI is InChI=1S/C18H13ClN2O3/c1-24-18(23)17-7-12(10-22)6-15(21-17)5-11-2-3-16-13(4-11)8-14(19)9-20-16/h2-4,6-10H,5H2,1H3. The number of halogens is 1. The second-order valence-corrected chi connectivity index (χ2v) is 5.68. The van der Waals surface area contributed by atoms with Gasteiger partial charge in [-0.05, 0) is 35.9 Å². The first-order valence-electron chi connectivity index (χ1n) is 7.17. The van der Waals surface area contributed by atoms with Gasteiger partial charge >= 0.3 is 5.97 Å². The summed E-state index contributed by atoms with van der Waals surface area (Å²) < 4.78 is 4.67. The summed E-state index contributed by atoms with van der Waals surface area (Å²) in [6, 6.07) is 10.7. The van der Waals surface area contributed by atoms with E-state index < -0.39 is 5.97 Å². The quantitative estimate of drug-likeness (QED) is 0.537. The van der Waals surface area contributed by atoms with Crippen LogP contribution in [0.3, 0.4) is 0 Å². The van der Waals surface area contributed by atoms with Gasteiger partial charge in [-0.3, -0.25) is 9.78 Å². The molecule has 0 atom stereocenters. The summed E-state index contributed by atoms with van der Waals surface area (Å²) in [5.74, 6) is -0.575. The molecule has 0 radical (unpaired) electrons. The maximum atomic E-state index is 11.7. The van der Waals surface area contributed by atoms with E-state index in [1.165, 1.54) is 13.2 Å². The topological polar surface area (TPSA) is 69.2 Å². The summed E-state index contributed by atoms with van der Waals surface area (Å²) in [7, 11) is 1.28. The highest BCUT2D eigenvalue weighted by Gasteiger charge is 2.11. The van der Waals surface area contributed by atoms with Crippen LogP contribution in [0.4, 0.5) is 0 Å². The van der Waals surface area contributed by atoms with E-state index in [1.807, 2.05) is 24.3 Å². The first-order chi connectivity index (χ1) is 11.6. The number of aldehydes is 1. The first-order valence-corrected chi connectivity index (χ1v) is 7.55. The molecule has 120 valence electrons. The highest BCUT2D eigenvalue weighted by molar-refractivity contribution is 6.31. The van der Waals surface area contributed by atoms with Crippen LogP contribution in [0.25, 0.3) is 10.9 Å². The molecule has 0 N–H and O–H groups in total. The number of rotatable bonds is 4. The highest BCUT2D eigenvalue weighted by Crippen LogP contribution is 2.20. The largest absolute Gasteiger partial charge is 0.464 e. The van der Waals surface area contributed by atoms with E-state index in [9.17, 15) is 9.59 Å². The Balaban J connectivity index is 1.98. The van der Waals surface area contributed by atoms with Crippen LogP contribution in [-0.2, 0) is 11.2 Å². The molecule has 2 heterocycles. The number of fused-ring (bicyclic) bond motifs is 1. The lowest BCUT2D eigenvalue weighted by Crippen LogP contribution is -2.08. The van der Waals surface area contributed by atoms with E-state index in [2.05, 4.69) is 14.7 Å². The summed E-state index contributed by atoms with van der Waals surface area (Å²) >= 11 is 5.98. The summed E-state index contributed by atoms with van der Waals surface area (Å²) in [6.45, 7) is 0. The fourth-order valence-electron chi connectivity index (χ4n) is 2.45. The number of carbonyl (C=O) groups is 2. The summed E-state index contributed by atoms with van der Waals surface area (Å²) in [4.78, 5) is 31.3. The minimum Gasteiger partial charge on any atom is -0.464 e. The molecule has 0 spiro atoms. The minimum absolute atomic E-state index is 0.114. The number of hydrogen-bond acceptors (Lipinski definition) is 5. The smallest absolute Gasteiger partial charge is 0.356 e. The van der Waals surface area contributed by atoms with E-state index in [0.29, 0.717) is 29.0 Å². The number of benzene rings is 1. The van der Waals surface area contributed by atoms with Crippen LogP contribution >= 0.6 is 11.6 Å². The van der Waals surface area contributed by atoms with Gasteiger partial charge in [0.25, 0.3) is 0 Å². The van der Waals surface area contributed by atoms with Gasteiger partial charge in [-0.15, -0.1) is 0 Å². The van der Waals surface area contributed by atoms with Crippen LogP contribution in [-0.4, -0.2) is 29.3 Å². The van der Waals surface area contributed by atoms with Crippen molar-refractivity contribution < 1.29 is 14.3 Å². The van der Waals surface area contributed by atoms with Crippen molar-refractivity contribution in [3.63, 3.8) is 0 Å². The number of methoxy groups -OCH3 is 1. The van der Waals surface area contributed by atoms with Crippen molar-refractivity contribution in [1.82, 2.24) is 9.97 Å². The molecule has 0 aliphatic heterocycles. The molecule has 0 aliphatic carbocycles. The molecule has 5 nitrogen and oxygen atoms in total. The molecule has 0 fully saturated rings. The van der Waals surface area contributed by atoms with Gasteiger partial charge in [-0.1, -0.05) is 17.7 Å². The molecule has 0 unspecified atom stereocenters. The van der Waals surface area contributed by atoms with Crippen LogP contribution in [0.15, 0.2) is 42.6 Å². The molecule has 0 saturated carbocycles. The Kier molecular flexibility index (Phi) is 4.53. The van der Waals surface area contributed by atoms with Crippen LogP contribution < -0.4 is 0 Å². The van der Waals surface area contributed by atoms with Gasteiger partial charge in [-0.2, -0.15) is 0 Å². The zero-order valence-electron chi connectivity index (χ0n) is 12.8. The average Bonchev–Trinajstić information content (AvgIpc) is 2.60. The first kappa shape index (κ1) is 16.1. The molecule has 3 aromatic rings. The van der Waals surface area contributed by atoms with Gasteiger partial charge in [0, 0.05) is 29.3 Å². The maximum Gasteiger partial charge on any atom is 0.356 e. The second kappa shape index (κ2) is 6.76. The predicted molar refractivity (Wildman–Crippen MR) is 90.5 cm³/mol. The summed E-state index contributed by atoms with van der Waals surface area (Å²) in [6.07, 6.45) is 2.75. The van der Waals surface area contributed by atoms with Gasteiger partial charge in [0.1, 0.15) is 12.0 Å². The summed E-state index contributed by atoms with van der Waals surface area (Å²) in [5, 5.41) is 1.48. The Bertz CT molecular complexity index is 941. The molecule has 0 aliphatic rings. The molecule has 0 saturated heterocycles. The number of nitrogens with zero attached hydrogens (tertiary/aromatic N) is 2. The third kappa shape index (κ3) is 3.41. The molecular weight excluding hydrogens is 328 g/mol. The molecule has 2 aromatic heterocycles. The van der Waals surface area contributed by atoms with E-state index in [-0.39, 0.29) is 5.69 Å². The van der Waals surface area contributed by atoms with Gasteiger partial charge < -0.3 is 4.74 Å². The van der Waals surface area contributed by atoms with Crippen LogP contribution in [0.1, 0.15) is 32.1 Å². The number of carbonyl (C=O) groups excluding carboxylic acids is 2. The maximum absolute atomic E-state index is 11.7. The van der Waals surface area contributed by atoms with Crippen molar-refractivity contribution in [2.45, 2.75) is 6.42 Å². The molecule has 1 aromatic carbocycles. The van der Waals surface area contributed by atoms with Crippen molar-refractivity contribution in [3.05, 3.63) is 70.1 Å². The number of ether oxygens (including phenoxy) is 1. The lowest BCUT2D eigenvalue weighted by atomic mass is 10.0. The Hall–Kier alpha value is -2.79. The second-order valence-electron chi connectivity index (χ2n) is 5.24. The Morgan fingerprint density at radius 1 is 1.25 bits per heavy atom. The lowest BCUT2D eigenvalue weighted by Gasteiger charge is -2.07. The van der Waals surface area contributed by atoms with Crippen LogP contribution in [0.5, 0.6) is 0 Å². The molecule has 24 heavy (non-hydrogen) atoms. The van der Waals surface area contributed by atoms with Crippen LogP contribution in [0.2, 0.25) is 5.02 Å². The van der Waals surface area contributed by atoms with E-state index in [1.54, 1.807) is 12.3 Å².